The minimum atomic E-state index is -4.74. The second-order valence-corrected chi connectivity index (χ2v) is 9.20. The minimum absolute atomic E-state index is 0.0513. The standard InChI is InChI=1S/C17H20ClF3N2O3S/c18-15-4-3-13(11-14(15)17(19,20)21)27(25,26)23-9-5-12(6-10-23)16(24)22-7-1-2-8-22/h3-4,11-12H,1-2,5-10H2. The highest BCUT2D eigenvalue weighted by atomic mass is 35.5. The van der Waals surface area contributed by atoms with Gasteiger partial charge in [0.2, 0.25) is 15.9 Å². The van der Waals surface area contributed by atoms with Gasteiger partial charge in [-0.15, -0.1) is 0 Å². The largest absolute Gasteiger partial charge is 0.417 e. The van der Waals surface area contributed by atoms with E-state index < -0.39 is 31.7 Å². The number of alkyl halides is 3. The number of rotatable bonds is 3. The van der Waals surface area contributed by atoms with E-state index in [1.165, 1.54) is 0 Å². The van der Waals surface area contributed by atoms with Gasteiger partial charge in [-0.1, -0.05) is 11.6 Å². The topological polar surface area (TPSA) is 57.7 Å². The van der Waals surface area contributed by atoms with Gasteiger partial charge in [-0.05, 0) is 43.9 Å². The molecule has 0 aliphatic carbocycles. The molecule has 0 saturated carbocycles. The number of sulfonamides is 1. The van der Waals surface area contributed by atoms with Crippen LogP contribution in [-0.2, 0) is 21.0 Å². The molecule has 0 atom stereocenters. The van der Waals surface area contributed by atoms with E-state index in [1.54, 1.807) is 0 Å². The molecular formula is C17H20ClF3N2O3S. The van der Waals surface area contributed by atoms with Crippen LogP contribution in [0.4, 0.5) is 13.2 Å². The Kier molecular flexibility index (Phi) is 5.74. The highest BCUT2D eigenvalue weighted by Crippen LogP contribution is 2.37. The summed E-state index contributed by atoms with van der Waals surface area (Å²) < 4.78 is 65.6. The van der Waals surface area contributed by atoms with Crippen molar-refractivity contribution in [2.24, 2.45) is 5.92 Å². The van der Waals surface area contributed by atoms with E-state index in [9.17, 15) is 26.4 Å². The van der Waals surface area contributed by atoms with Gasteiger partial charge in [0.1, 0.15) is 0 Å². The Morgan fingerprint density at radius 1 is 1.07 bits per heavy atom. The normalized spacial score (nSPS) is 20.2. The van der Waals surface area contributed by atoms with Crippen molar-refractivity contribution >= 4 is 27.5 Å². The third-order valence-corrected chi connectivity index (χ3v) is 7.33. The molecule has 2 heterocycles. The molecule has 1 aromatic carbocycles. The van der Waals surface area contributed by atoms with Crippen molar-refractivity contribution < 1.29 is 26.4 Å². The summed E-state index contributed by atoms with van der Waals surface area (Å²) in [7, 11) is -4.08. The number of carbonyl (C=O) groups is 1. The summed E-state index contributed by atoms with van der Waals surface area (Å²) in [6, 6.07) is 2.59. The summed E-state index contributed by atoms with van der Waals surface area (Å²) in [6.07, 6.45) is -2.03. The van der Waals surface area contributed by atoms with Crippen LogP contribution in [0.1, 0.15) is 31.2 Å². The van der Waals surface area contributed by atoms with E-state index in [1.807, 2.05) is 4.90 Å². The van der Waals surface area contributed by atoms with Crippen LogP contribution >= 0.6 is 11.6 Å². The van der Waals surface area contributed by atoms with Crippen molar-refractivity contribution in [3.63, 3.8) is 0 Å². The first-order chi connectivity index (χ1) is 12.6. The number of amides is 1. The van der Waals surface area contributed by atoms with Gasteiger partial charge in [0.25, 0.3) is 0 Å². The van der Waals surface area contributed by atoms with Crippen molar-refractivity contribution in [3.8, 4) is 0 Å². The van der Waals surface area contributed by atoms with Crippen LogP contribution in [0, 0.1) is 5.92 Å². The van der Waals surface area contributed by atoms with Gasteiger partial charge in [0, 0.05) is 32.1 Å². The molecule has 0 unspecified atom stereocenters. The maximum atomic E-state index is 13.0. The van der Waals surface area contributed by atoms with E-state index in [-0.39, 0.29) is 24.9 Å². The number of hydrogen-bond acceptors (Lipinski definition) is 3. The monoisotopic (exact) mass is 424 g/mol. The van der Waals surface area contributed by atoms with Gasteiger partial charge in [-0.25, -0.2) is 8.42 Å². The second-order valence-electron chi connectivity index (χ2n) is 6.85. The Bertz CT molecular complexity index is 815. The highest BCUT2D eigenvalue weighted by molar-refractivity contribution is 7.89. The zero-order valence-corrected chi connectivity index (χ0v) is 16.1. The first-order valence-electron chi connectivity index (χ1n) is 8.76. The molecule has 1 amide bonds. The predicted molar refractivity (Wildman–Crippen MR) is 93.8 cm³/mol. The molecule has 10 heteroatoms. The fraction of sp³-hybridized carbons (Fsp3) is 0.588. The SMILES string of the molecule is O=C(C1CCN(S(=O)(=O)c2ccc(Cl)c(C(F)(F)F)c2)CC1)N1CCCC1. The van der Waals surface area contributed by atoms with Gasteiger partial charge in [0.15, 0.2) is 0 Å². The van der Waals surface area contributed by atoms with E-state index in [0.717, 1.165) is 42.4 Å². The van der Waals surface area contributed by atoms with Gasteiger partial charge in [-0.2, -0.15) is 17.5 Å². The quantitative estimate of drug-likeness (QED) is 0.747. The van der Waals surface area contributed by atoms with Crippen molar-refractivity contribution in [3.05, 3.63) is 28.8 Å². The number of likely N-dealkylation sites (tertiary alicyclic amines) is 1. The Morgan fingerprint density at radius 3 is 2.22 bits per heavy atom. The molecule has 0 spiro atoms. The average molecular weight is 425 g/mol. The average Bonchev–Trinajstić information content (AvgIpc) is 3.15. The van der Waals surface area contributed by atoms with E-state index in [2.05, 4.69) is 0 Å². The fourth-order valence-electron chi connectivity index (χ4n) is 3.57. The lowest BCUT2D eigenvalue weighted by Gasteiger charge is -2.32. The third kappa shape index (κ3) is 4.25. The van der Waals surface area contributed by atoms with E-state index in [4.69, 9.17) is 11.6 Å². The first-order valence-corrected chi connectivity index (χ1v) is 10.6. The summed E-state index contributed by atoms with van der Waals surface area (Å²) in [4.78, 5) is 13.8. The number of benzene rings is 1. The molecule has 1 aromatic rings. The minimum Gasteiger partial charge on any atom is -0.342 e. The van der Waals surface area contributed by atoms with E-state index >= 15 is 0 Å². The number of piperidine rings is 1. The van der Waals surface area contributed by atoms with Gasteiger partial charge in [0.05, 0.1) is 15.5 Å². The molecule has 0 aromatic heterocycles. The van der Waals surface area contributed by atoms with Crippen molar-refractivity contribution in [1.29, 1.82) is 0 Å². The Labute approximate surface area is 161 Å². The van der Waals surface area contributed by atoms with Crippen LogP contribution in [0.25, 0.3) is 0 Å². The Morgan fingerprint density at radius 2 is 1.67 bits per heavy atom. The van der Waals surface area contributed by atoms with E-state index in [0.29, 0.717) is 18.9 Å². The second kappa shape index (κ2) is 7.60. The zero-order chi connectivity index (χ0) is 19.8. The molecule has 0 N–H and O–H groups in total. The van der Waals surface area contributed by atoms with Crippen LogP contribution < -0.4 is 0 Å². The molecule has 3 rings (SSSR count). The van der Waals surface area contributed by atoms with Gasteiger partial charge in [-0.3, -0.25) is 4.79 Å². The molecule has 2 saturated heterocycles. The smallest absolute Gasteiger partial charge is 0.342 e. The van der Waals surface area contributed by atoms with Crippen LogP contribution in [0.2, 0.25) is 5.02 Å². The molecule has 2 aliphatic rings. The first kappa shape index (κ1) is 20.4. The third-order valence-electron chi connectivity index (χ3n) is 5.10. The van der Waals surface area contributed by atoms with Gasteiger partial charge < -0.3 is 4.90 Å². The summed E-state index contributed by atoms with van der Waals surface area (Å²) in [5, 5.41) is -0.545. The summed E-state index contributed by atoms with van der Waals surface area (Å²) in [5.41, 5.74) is -1.18. The number of halogens is 4. The molecule has 27 heavy (non-hydrogen) atoms. The van der Waals surface area contributed by atoms with Crippen LogP contribution in [0.5, 0.6) is 0 Å². The zero-order valence-electron chi connectivity index (χ0n) is 14.5. The molecule has 2 aliphatic heterocycles. The van der Waals surface area contributed by atoms with Crippen molar-refractivity contribution in [2.75, 3.05) is 26.2 Å². The van der Waals surface area contributed by atoms with Crippen LogP contribution in [0.3, 0.4) is 0 Å². The molecule has 2 fully saturated rings. The lowest BCUT2D eigenvalue weighted by atomic mass is 9.97. The number of hydrogen-bond donors (Lipinski definition) is 0. The summed E-state index contributed by atoms with van der Waals surface area (Å²) in [5.74, 6) is -0.180. The maximum absolute atomic E-state index is 13.0. The number of carbonyl (C=O) groups excluding carboxylic acids is 1. The van der Waals surface area contributed by atoms with Crippen molar-refractivity contribution in [2.45, 2.75) is 36.8 Å². The molecule has 150 valence electrons. The van der Waals surface area contributed by atoms with Gasteiger partial charge >= 0.3 is 6.18 Å². The highest BCUT2D eigenvalue weighted by Gasteiger charge is 2.37. The predicted octanol–water partition coefficient (Wildman–Crippen LogP) is 3.38. The Balaban J connectivity index is 1.73. The number of nitrogens with zero attached hydrogens (tertiary/aromatic N) is 2. The van der Waals surface area contributed by atoms with Crippen molar-refractivity contribution in [1.82, 2.24) is 9.21 Å². The summed E-state index contributed by atoms with van der Waals surface area (Å²) >= 11 is 5.56. The van der Waals surface area contributed by atoms with Crippen LogP contribution in [0.15, 0.2) is 23.1 Å². The fourth-order valence-corrected chi connectivity index (χ4v) is 5.29. The molecule has 0 bridgehead atoms. The lowest BCUT2D eigenvalue weighted by molar-refractivity contribution is -0.138. The molecule has 0 radical (unpaired) electrons. The lowest BCUT2D eigenvalue weighted by Crippen LogP contribution is -2.43. The maximum Gasteiger partial charge on any atom is 0.417 e. The molecule has 5 nitrogen and oxygen atoms in total. The Hall–Kier alpha value is -1.32. The van der Waals surface area contributed by atoms with Crippen LogP contribution in [-0.4, -0.2) is 49.7 Å². The molecular weight excluding hydrogens is 405 g/mol. The summed E-state index contributed by atoms with van der Waals surface area (Å²) in [6.45, 7) is 1.69.